The van der Waals surface area contributed by atoms with Crippen molar-refractivity contribution in [2.24, 2.45) is 10.8 Å². The number of hydrogen-bond donors (Lipinski definition) is 0. The van der Waals surface area contributed by atoms with Gasteiger partial charge in [0.15, 0.2) is 23.1 Å². The number of allylic oxidation sites excluding steroid dienone is 4. The Kier molecular flexibility index (Phi) is 7.03. The smallest absolute Gasteiger partial charge is 0.175 e. The third-order valence-electron chi connectivity index (χ3n) is 8.04. The molecule has 1 aliphatic heterocycles. The first-order valence-corrected chi connectivity index (χ1v) is 14.1. The summed E-state index contributed by atoms with van der Waals surface area (Å²) in [5.74, 6) is 0.335. The van der Waals surface area contributed by atoms with E-state index in [0.29, 0.717) is 45.5 Å². The molecular weight excluding hydrogens is 561 g/mol. The van der Waals surface area contributed by atoms with Gasteiger partial charge >= 0.3 is 0 Å². The molecule has 0 spiro atoms. The Bertz CT molecular complexity index is 1380. The molecule has 0 aromatic heterocycles. The quantitative estimate of drug-likeness (QED) is 0.358. The van der Waals surface area contributed by atoms with Gasteiger partial charge in [0.25, 0.3) is 0 Å². The minimum absolute atomic E-state index is 0.0869. The van der Waals surface area contributed by atoms with Crippen LogP contribution >= 0.6 is 15.9 Å². The van der Waals surface area contributed by atoms with E-state index in [1.807, 2.05) is 19.2 Å². The molecule has 206 valence electrons. The number of nitrogens with zero attached hydrogens (tertiary/aromatic N) is 1. The number of rotatable bonds is 5. The zero-order valence-electron chi connectivity index (χ0n) is 23.4. The van der Waals surface area contributed by atoms with E-state index in [0.717, 1.165) is 29.8 Å². The molecule has 0 saturated carbocycles. The van der Waals surface area contributed by atoms with Crippen LogP contribution in [0.1, 0.15) is 70.4 Å². The van der Waals surface area contributed by atoms with Crippen LogP contribution in [-0.2, 0) is 16.2 Å². The Balaban J connectivity index is 1.63. The van der Waals surface area contributed by atoms with Gasteiger partial charge in [-0.25, -0.2) is 4.39 Å². The Morgan fingerprint density at radius 2 is 1.54 bits per heavy atom. The Hall–Kier alpha value is -2.93. The van der Waals surface area contributed by atoms with Crippen molar-refractivity contribution in [3.8, 4) is 11.5 Å². The summed E-state index contributed by atoms with van der Waals surface area (Å²) in [6.07, 6.45) is 2.40. The van der Waals surface area contributed by atoms with E-state index in [1.165, 1.54) is 12.1 Å². The number of halogens is 2. The van der Waals surface area contributed by atoms with E-state index in [9.17, 15) is 14.0 Å². The van der Waals surface area contributed by atoms with Crippen molar-refractivity contribution in [3.63, 3.8) is 0 Å². The van der Waals surface area contributed by atoms with Crippen molar-refractivity contribution in [1.82, 2.24) is 4.90 Å². The van der Waals surface area contributed by atoms with Crippen LogP contribution in [-0.4, -0.2) is 30.6 Å². The average Bonchev–Trinajstić information content (AvgIpc) is 2.83. The lowest BCUT2D eigenvalue weighted by Gasteiger charge is -2.48. The highest BCUT2D eigenvalue weighted by Gasteiger charge is 2.48. The number of hydrogen-bond acceptors (Lipinski definition) is 5. The predicted molar refractivity (Wildman–Crippen MR) is 152 cm³/mol. The topological polar surface area (TPSA) is 55.8 Å². The van der Waals surface area contributed by atoms with E-state index >= 15 is 0 Å². The zero-order valence-corrected chi connectivity index (χ0v) is 25.0. The van der Waals surface area contributed by atoms with Crippen LogP contribution in [0.4, 0.5) is 4.39 Å². The molecule has 0 saturated heterocycles. The molecule has 0 atom stereocenters. The maximum atomic E-state index is 13.8. The van der Waals surface area contributed by atoms with Gasteiger partial charge in [-0.05, 0) is 75.0 Å². The second-order valence-corrected chi connectivity index (χ2v) is 13.4. The molecule has 0 bridgehead atoms. The van der Waals surface area contributed by atoms with Crippen LogP contribution in [0.15, 0.2) is 63.4 Å². The largest absolute Gasteiger partial charge is 0.493 e. The minimum Gasteiger partial charge on any atom is -0.493 e. The van der Waals surface area contributed by atoms with Crippen LogP contribution in [0.5, 0.6) is 11.5 Å². The summed E-state index contributed by atoms with van der Waals surface area (Å²) in [6, 6.07) is 10.1. The standard InChI is InChI=1S/C32H35BrFNO4/c1-31(2)13-22-28(24(36)15-31)27(29-23(35(22)5)14-32(3,4)16-25(29)37)19-11-21(33)30(26(12-19)38-6)39-17-18-8-7-9-20(34)10-18/h7-12,27H,13-17H2,1-6H3. The predicted octanol–water partition coefficient (Wildman–Crippen LogP) is 7.49. The van der Waals surface area contributed by atoms with Crippen molar-refractivity contribution in [2.45, 2.75) is 65.9 Å². The fourth-order valence-electron chi connectivity index (χ4n) is 6.33. The highest BCUT2D eigenvalue weighted by molar-refractivity contribution is 9.10. The third-order valence-corrected chi connectivity index (χ3v) is 8.63. The molecule has 0 amide bonds. The van der Waals surface area contributed by atoms with Crippen LogP contribution in [0.25, 0.3) is 0 Å². The van der Waals surface area contributed by atoms with Gasteiger partial charge in [0, 0.05) is 48.3 Å². The summed E-state index contributed by atoms with van der Waals surface area (Å²) in [6.45, 7) is 8.67. The van der Waals surface area contributed by atoms with Gasteiger partial charge in [-0.1, -0.05) is 39.8 Å². The monoisotopic (exact) mass is 595 g/mol. The number of ketones is 2. The van der Waals surface area contributed by atoms with E-state index in [4.69, 9.17) is 9.47 Å². The molecule has 39 heavy (non-hydrogen) atoms. The van der Waals surface area contributed by atoms with Crippen molar-refractivity contribution in [1.29, 1.82) is 0 Å². The number of methoxy groups -OCH3 is 1. The molecule has 0 unspecified atom stereocenters. The van der Waals surface area contributed by atoms with E-state index in [1.54, 1.807) is 19.2 Å². The third kappa shape index (κ3) is 5.18. The molecule has 5 rings (SSSR count). The van der Waals surface area contributed by atoms with Gasteiger partial charge in [0.1, 0.15) is 12.4 Å². The maximum Gasteiger partial charge on any atom is 0.175 e. The number of benzene rings is 2. The molecule has 3 aliphatic rings. The van der Waals surface area contributed by atoms with Gasteiger partial charge in [0.05, 0.1) is 11.6 Å². The van der Waals surface area contributed by atoms with Crippen LogP contribution in [0.3, 0.4) is 0 Å². The molecule has 2 aliphatic carbocycles. The highest BCUT2D eigenvalue weighted by atomic mass is 79.9. The summed E-state index contributed by atoms with van der Waals surface area (Å²) in [4.78, 5) is 29.6. The SMILES string of the molecule is COc1cc(C2C3=C(CC(C)(C)CC3=O)N(C)C3=C2C(=O)CC(C)(C)C3)cc(Br)c1OCc1cccc(F)c1. The molecule has 0 radical (unpaired) electrons. The molecule has 0 fully saturated rings. The van der Waals surface area contributed by atoms with Gasteiger partial charge in [0.2, 0.25) is 0 Å². The number of carbonyl (C=O) groups is 2. The van der Waals surface area contributed by atoms with Crippen LogP contribution in [0, 0.1) is 16.6 Å². The van der Waals surface area contributed by atoms with E-state index in [-0.39, 0.29) is 34.8 Å². The summed E-state index contributed by atoms with van der Waals surface area (Å²) >= 11 is 3.66. The highest BCUT2D eigenvalue weighted by Crippen LogP contribution is 2.55. The van der Waals surface area contributed by atoms with Crippen molar-refractivity contribution in [2.75, 3.05) is 14.2 Å². The summed E-state index contributed by atoms with van der Waals surface area (Å²) < 4.78 is 26.1. The van der Waals surface area contributed by atoms with E-state index in [2.05, 4.69) is 48.5 Å². The Labute approximate surface area is 238 Å². The average molecular weight is 597 g/mol. The summed E-state index contributed by atoms with van der Waals surface area (Å²) in [5, 5.41) is 0. The van der Waals surface area contributed by atoms with Gasteiger partial charge < -0.3 is 14.4 Å². The van der Waals surface area contributed by atoms with Crippen molar-refractivity contribution >= 4 is 27.5 Å². The van der Waals surface area contributed by atoms with Crippen LogP contribution in [0.2, 0.25) is 0 Å². The summed E-state index contributed by atoms with van der Waals surface area (Å²) in [7, 11) is 3.57. The van der Waals surface area contributed by atoms with Gasteiger partial charge in [-0.3, -0.25) is 9.59 Å². The van der Waals surface area contributed by atoms with Crippen molar-refractivity contribution < 1.29 is 23.5 Å². The molecular formula is C32H35BrFNO4. The Morgan fingerprint density at radius 1 is 0.949 bits per heavy atom. The molecule has 5 nitrogen and oxygen atoms in total. The zero-order chi connectivity index (χ0) is 28.3. The molecule has 2 aromatic carbocycles. The van der Waals surface area contributed by atoms with E-state index < -0.39 is 5.92 Å². The lowest BCUT2D eigenvalue weighted by atomic mass is 9.64. The first-order valence-electron chi connectivity index (χ1n) is 13.3. The molecule has 2 aromatic rings. The second kappa shape index (κ2) is 9.92. The fourth-order valence-corrected chi connectivity index (χ4v) is 6.90. The minimum atomic E-state index is -0.471. The second-order valence-electron chi connectivity index (χ2n) is 12.5. The van der Waals surface area contributed by atoms with Crippen molar-refractivity contribution in [3.05, 3.63) is 80.4 Å². The normalized spacial score (nSPS) is 20.7. The first-order chi connectivity index (χ1) is 18.3. The van der Waals surface area contributed by atoms with Gasteiger partial charge in [-0.2, -0.15) is 0 Å². The molecule has 7 heteroatoms. The maximum absolute atomic E-state index is 13.8. The number of ether oxygens (including phenoxy) is 2. The fraction of sp³-hybridized carbons (Fsp3) is 0.438. The summed E-state index contributed by atoms with van der Waals surface area (Å²) in [5.41, 5.74) is 4.63. The number of Topliss-reactive ketones (excluding diaryl/α,β-unsaturated/α-hetero) is 2. The van der Waals surface area contributed by atoms with Gasteiger partial charge in [-0.15, -0.1) is 0 Å². The molecule has 0 N–H and O–H groups in total. The van der Waals surface area contributed by atoms with Crippen LogP contribution < -0.4 is 9.47 Å². The lowest BCUT2D eigenvalue weighted by Crippen LogP contribution is -2.43. The number of carbonyl (C=O) groups excluding carboxylic acids is 2. The lowest BCUT2D eigenvalue weighted by molar-refractivity contribution is -0.119. The molecule has 1 heterocycles. The first kappa shape index (κ1) is 27.6. The Morgan fingerprint density at radius 3 is 2.08 bits per heavy atom.